The van der Waals surface area contributed by atoms with Gasteiger partial charge in [0.15, 0.2) is 6.61 Å². The molecule has 1 N–H and O–H groups in total. The molecule has 33 heavy (non-hydrogen) atoms. The summed E-state index contributed by atoms with van der Waals surface area (Å²) in [4.78, 5) is 12.2. The van der Waals surface area contributed by atoms with Crippen molar-refractivity contribution < 1.29 is 41.0 Å². The van der Waals surface area contributed by atoms with Crippen molar-refractivity contribution in [3.8, 4) is 5.75 Å². The van der Waals surface area contributed by atoms with Crippen LogP contribution in [0.3, 0.4) is 0 Å². The lowest BCUT2D eigenvalue weighted by Gasteiger charge is -2.33. The molecule has 8 nitrogen and oxygen atoms in total. The third-order valence-corrected chi connectivity index (χ3v) is 6.23. The van der Waals surface area contributed by atoms with Gasteiger partial charge in [0.05, 0.1) is 18.8 Å². The molecule has 5 rings (SSSR count). The number of carbonyl (C=O) groups is 1. The predicted octanol–water partition coefficient (Wildman–Crippen LogP) is 3.26. The Morgan fingerprint density at radius 2 is 1.82 bits per heavy atom. The minimum atomic E-state index is -4.65. The highest BCUT2D eigenvalue weighted by molar-refractivity contribution is 5.78. The summed E-state index contributed by atoms with van der Waals surface area (Å²) in [6.45, 7) is 0.0627. The highest BCUT2D eigenvalue weighted by atomic mass is 19.4. The predicted molar refractivity (Wildman–Crippen MR) is 101 cm³/mol. The lowest BCUT2D eigenvalue weighted by Crippen LogP contribution is -2.45. The highest BCUT2D eigenvalue weighted by Crippen LogP contribution is 2.54. The Bertz CT molecular complexity index is 993. The molecule has 3 aliphatic rings. The zero-order valence-electron chi connectivity index (χ0n) is 17.3. The number of aromatic nitrogens is 2. The topological polar surface area (TPSA) is 95.7 Å². The maximum Gasteiger partial charge on any atom is 0.522 e. The Morgan fingerprint density at radius 3 is 2.55 bits per heavy atom. The quantitative estimate of drug-likeness (QED) is 0.620. The van der Waals surface area contributed by atoms with Crippen LogP contribution in [-0.4, -0.2) is 47.8 Å². The third kappa shape index (κ3) is 5.11. The standard InChI is InChI=1S/C21H21F4N3O5/c22-11-1-3-12(4-2-11)30-9-17(29)26-16-8-31-18(15-7-14(15)16)20-28-27-19(32-20)10-5-13(6-10)33-21(23,24)25/h1-4,10,13-16,18H,5-9H2,(H,26,29)/t10-,13+,14-,15+,16+,18+/m0/s1. The zero-order valence-corrected chi connectivity index (χ0v) is 17.3. The maximum atomic E-state index is 12.9. The fourth-order valence-corrected chi connectivity index (χ4v) is 4.41. The molecule has 3 fully saturated rings. The second-order valence-electron chi connectivity index (χ2n) is 8.57. The van der Waals surface area contributed by atoms with Gasteiger partial charge in [-0.05, 0) is 55.4 Å². The number of hydrogen-bond donors (Lipinski definition) is 1. The Labute approximate surface area is 185 Å². The van der Waals surface area contributed by atoms with Crippen molar-refractivity contribution in [2.24, 2.45) is 11.8 Å². The lowest BCUT2D eigenvalue weighted by atomic mass is 9.82. The van der Waals surface area contributed by atoms with Crippen LogP contribution < -0.4 is 10.1 Å². The van der Waals surface area contributed by atoms with E-state index in [2.05, 4.69) is 20.3 Å². The van der Waals surface area contributed by atoms with E-state index in [0.29, 0.717) is 17.5 Å². The molecular formula is C21H21F4N3O5. The van der Waals surface area contributed by atoms with E-state index in [0.717, 1.165) is 6.42 Å². The average Bonchev–Trinajstić information content (AvgIpc) is 3.40. The van der Waals surface area contributed by atoms with Gasteiger partial charge in [0.1, 0.15) is 17.7 Å². The summed E-state index contributed by atoms with van der Waals surface area (Å²) in [7, 11) is 0. The van der Waals surface area contributed by atoms with Gasteiger partial charge in [-0.3, -0.25) is 9.53 Å². The monoisotopic (exact) mass is 471 g/mol. The van der Waals surface area contributed by atoms with Crippen molar-refractivity contribution in [1.82, 2.24) is 15.5 Å². The second kappa shape index (κ2) is 8.56. The SMILES string of the molecule is O=C(COc1ccc(F)cc1)N[C@@H]1CO[C@@H](c2nnc([C@H]3C[C@@H](OC(F)(F)F)C3)o2)[C@@H]2C[C@@H]21. The van der Waals surface area contributed by atoms with Crippen LogP contribution in [0.25, 0.3) is 0 Å². The number of carbonyl (C=O) groups excluding carboxylic acids is 1. The van der Waals surface area contributed by atoms with Crippen LogP contribution in [0.5, 0.6) is 5.75 Å². The number of fused-ring (bicyclic) bond motifs is 1. The van der Waals surface area contributed by atoms with Crippen molar-refractivity contribution >= 4 is 5.91 Å². The maximum absolute atomic E-state index is 12.9. The summed E-state index contributed by atoms with van der Waals surface area (Å²) in [5, 5.41) is 10.9. The Hall–Kier alpha value is -2.73. The first-order valence-electron chi connectivity index (χ1n) is 10.6. The molecule has 2 saturated carbocycles. The van der Waals surface area contributed by atoms with Crippen LogP contribution >= 0.6 is 0 Å². The van der Waals surface area contributed by atoms with Crippen LogP contribution in [0.1, 0.15) is 43.1 Å². The summed E-state index contributed by atoms with van der Waals surface area (Å²) in [6.07, 6.45) is -4.77. The van der Waals surface area contributed by atoms with E-state index in [1.54, 1.807) is 0 Å². The van der Waals surface area contributed by atoms with Crippen molar-refractivity contribution in [1.29, 1.82) is 0 Å². The summed E-state index contributed by atoms with van der Waals surface area (Å²) in [5.41, 5.74) is 0. The molecule has 1 aromatic heterocycles. The number of alkyl halides is 3. The van der Waals surface area contributed by atoms with Crippen molar-refractivity contribution in [3.63, 3.8) is 0 Å². The van der Waals surface area contributed by atoms with E-state index in [1.807, 2.05) is 0 Å². The number of nitrogens with zero attached hydrogens (tertiary/aromatic N) is 2. The minimum absolute atomic E-state index is 0.109. The first kappa shape index (κ1) is 22.1. The lowest BCUT2D eigenvalue weighted by molar-refractivity contribution is -0.352. The van der Waals surface area contributed by atoms with E-state index in [-0.39, 0.29) is 61.6 Å². The molecule has 2 aromatic rings. The smallest absolute Gasteiger partial charge is 0.484 e. The highest BCUT2D eigenvalue weighted by Gasteiger charge is 2.54. The van der Waals surface area contributed by atoms with Gasteiger partial charge in [0, 0.05) is 5.92 Å². The molecule has 2 heterocycles. The molecule has 1 aliphatic heterocycles. The first-order valence-corrected chi connectivity index (χ1v) is 10.6. The fourth-order valence-electron chi connectivity index (χ4n) is 4.41. The van der Waals surface area contributed by atoms with Gasteiger partial charge in [-0.1, -0.05) is 0 Å². The molecule has 1 saturated heterocycles. The summed E-state index contributed by atoms with van der Waals surface area (Å²) < 4.78 is 70.6. The molecule has 2 aliphatic carbocycles. The molecule has 4 atom stereocenters. The van der Waals surface area contributed by atoms with E-state index in [4.69, 9.17) is 13.9 Å². The van der Waals surface area contributed by atoms with Gasteiger partial charge in [-0.2, -0.15) is 0 Å². The van der Waals surface area contributed by atoms with Gasteiger partial charge in [0.2, 0.25) is 11.8 Å². The van der Waals surface area contributed by atoms with Gasteiger partial charge in [-0.15, -0.1) is 23.4 Å². The van der Waals surface area contributed by atoms with E-state index in [9.17, 15) is 22.4 Å². The first-order chi connectivity index (χ1) is 15.7. The van der Waals surface area contributed by atoms with Gasteiger partial charge >= 0.3 is 6.36 Å². The summed E-state index contributed by atoms with van der Waals surface area (Å²) in [6, 6.07) is 5.21. The van der Waals surface area contributed by atoms with Crippen LogP contribution in [-0.2, 0) is 14.3 Å². The summed E-state index contributed by atoms with van der Waals surface area (Å²) >= 11 is 0. The van der Waals surface area contributed by atoms with Crippen molar-refractivity contribution in [3.05, 3.63) is 41.9 Å². The Balaban J connectivity index is 1.08. The number of halogens is 4. The third-order valence-electron chi connectivity index (χ3n) is 6.23. The van der Waals surface area contributed by atoms with E-state index in [1.165, 1.54) is 24.3 Å². The van der Waals surface area contributed by atoms with Gasteiger partial charge in [0.25, 0.3) is 5.91 Å². The zero-order chi connectivity index (χ0) is 23.2. The minimum Gasteiger partial charge on any atom is -0.484 e. The second-order valence-corrected chi connectivity index (χ2v) is 8.57. The number of benzene rings is 1. The van der Waals surface area contributed by atoms with Gasteiger partial charge < -0.3 is 19.2 Å². The van der Waals surface area contributed by atoms with Crippen LogP contribution in [0.2, 0.25) is 0 Å². The molecule has 1 amide bonds. The largest absolute Gasteiger partial charge is 0.522 e. The number of nitrogens with one attached hydrogen (secondary N) is 1. The van der Waals surface area contributed by atoms with Crippen LogP contribution in [0.4, 0.5) is 17.6 Å². The number of rotatable bonds is 7. The number of hydrogen-bond acceptors (Lipinski definition) is 7. The fraction of sp³-hybridized carbons (Fsp3) is 0.571. The number of ether oxygens (including phenoxy) is 3. The van der Waals surface area contributed by atoms with Crippen molar-refractivity contribution in [2.75, 3.05) is 13.2 Å². The van der Waals surface area contributed by atoms with Crippen LogP contribution in [0, 0.1) is 17.7 Å². The molecule has 0 bridgehead atoms. The Kier molecular flexibility index (Phi) is 5.73. The molecule has 12 heteroatoms. The van der Waals surface area contributed by atoms with E-state index >= 15 is 0 Å². The Morgan fingerprint density at radius 1 is 1.09 bits per heavy atom. The van der Waals surface area contributed by atoms with Crippen molar-refractivity contribution in [2.45, 2.75) is 49.8 Å². The van der Waals surface area contributed by atoms with Crippen LogP contribution in [0.15, 0.2) is 28.7 Å². The average molecular weight is 471 g/mol. The number of amides is 1. The normalized spacial score (nSPS) is 30.8. The molecule has 1 aromatic carbocycles. The molecule has 0 spiro atoms. The molecule has 178 valence electrons. The molecule has 0 unspecified atom stereocenters. The molecular weight excluding hydrogens is 450 g/mol. The van der Waals surface area contributed by atoms with E-state index < -0.39 is 18.6 Å². The van der Waals surface area contributed by atoms with Gasteiger partial charge in [-0.25, -0.2) is 4.39 Å². The molecule has 0 radical (unpaired) electrons. The summed E-state index contributed by atoms with van der Waals surface area (Å²) in [5.74, 6) is 0.346.